The van der Waals surface area contributed by atoms with Crippen LogP contribution in [-0.2, 0) is 9.59 Å². The van der Waals surface area contributed by atoms with Crippen LogP contribution in [0.4, 0.5) is 0 Å². The maximum Gasteiger partial charge on any atom is 0.235 e. The van der Waals surface area contributed by atoms with Gasteiger partial charge in [0.2, 0.25) is 11.8 Å². The monoisotopic (exact) mass is 320 g/mol. The minimum Gasteiger partial charge on any atom is -0.352 e. The first kappa shape index (κ1) is 16.8. The van der Waals surface area contributed by atoms with Crippen molar-refractivity contribution in [3.8, 4) is 0 Å². The predicted octanol–water partition coefficient (Wildman–Crippen LogP) is 3.44. The number of hydrogen-bond donors (Lipinski definition) is 2. The number of nitrogens with one attached hydrogen (secondary N) is 2. The molecular formula is C19H32N2O2. The standard InChI is InChI=1S/C19H32N2O2/c22-17(20-15-9-5-1-2-6-10-15)19(13-14-19)18(23)21-16-11-7-3-4-8-12-16/h15-16H,1-14H2,(H,20,22)(H,21,23). The lowest BCUT2D eigenvalue weighted by molar-refractivity contribution is -0.138. The van der Waals surface area contributed by atoms with Crippen LogP contribution in [0.15, 0.2) is 0 Å². The molecule has 0 spiro atoms. The van der Waals surface area contributed by atoms with Crippen molar-refractivity contribution in [2.75, 3.05) is 0 Å². The lowest BCUT2D eigenvalue weighted by Crippen LogP contribution is -2.48. The molecular weight excluding hydrogens is 288 g/mol. The van der Waals surface area contributed by atoms with Crippen LogP contribution < -0.4 is 10.6 Å². The average molecular weight is 320 g/mol. The van der Waals surface area contributed by atoms with Crippen molar-refractivity contribution in [2.24, 2.45) is 5.41 Å². The second-order valence-corrected chi connectivity index (χ2v) is 7.91. The zero-order chi connectivity index (χ0) is 16.1. The van der Waals surface area contributed by atoms with Gasteiger partial charge in [-0.1, -0.05) is 51.4 Å². The van der Waals surface area contributed by atoms with Gasteiger partial charge in [-0.2, -0.15) is 0 Å². The summed E-state index contributed by atoms with van der Waals surface area (Å²) >= 11 is 0. The molecule has 3 saturated carbocycles. The lowest BCUT2D eigenvalue weighted by Gasteiger charge is -2.23. The molecule has 3 aliphatic rings. The van der Waals surface area contributed by atoms with Gasteiger partial charge in [-0.3, -0.25) is 9.59 Å². The van der Waals surface area contributed by atoms with Crippen LogP contribution in [0.25, 0.3) is 0 Å². The molecule has 0 aromatic carbocycles. The summed E-state index contributed by atoms with van der Waals surface area (Å²) in [5.41, 5.74) is -0.737. The first-order valence-electron chi connectivity index (χ1n) is 9.83. The van der Waals surface area contributed by atoms with Crippen LogP contribution in [0.3, 0.4) is 0 Å². The van der Waals surface area contributed by atoms with Gasteiger partial charge in [0.05, 0.1) is 0 Å². The van der Waals surface area contributed by atoms with E-state index in [1.807, 2.05) is 0 Å². The van der Waals surface area contributed by atoms with E-state index in [0.29, 0.717) is 0 Å². The fourth-order valence-corrected chi connectivity index (χ4v) is 4.18. The molecule has 4 heteroatoms. The number of rotatable bonds is 4. The van der Waals surface area contributed by atoms with Crippen molar-refractivity contribution in [2.45, 2.75) is 102 Å². The molecule has 0 radical (unpaired) electrons. The van der Waals surface area contributed by atoms with Crippen molar-refractivity contribution in [3.05, 3.63) is 0 Å². The normalized spacial score (nSPS) is 25.9. The molecule has 23 heavy (non-hydrogen) atoms. The van der Waals surface area contributed by atoms with E-state index < -0.39 is 5.41 Å². The molecule has 0 aromatic heterocycles. The molecule has 130 valence electrons. The fourth-order valence-electron chi connectivity index (χ4n) is 4.18. The van der Waals surface area contributed by atoms with Gasteiger partial charge in [0.15, 0.2) is 0 Å². The molecule has 0 saturated heterocycles. The zero-order valence-electron chi connectivity index (χ0n) is 14.4. The van der Waals surface area contributed by atoms with E-state index in [0.717, 1.165) is 38.5 Å². The molecule has 0 heterocycles. The molecule has 0 aromatic rings. The third-order valence-corrected chi connectivity index (χ3v) is 6.00. The Labute approximate surface area is 140 Å². The summed E-state index contributed by atoms with van der Waals surface area (Å²) in [5, 5.41) is 6.38. The topological polar surface area (TPSA) is 58.2 Å². The summed E-state index contributed by atoms with van der Waals surface area (Å²) in [4.78, 5) is 25.4. The first-order valence-corrected chi connectivity index (χ1v) is 9.83. The molecule has 0 unspecified atom stereocenters. The van der Waals surface area contributed by atoms with E-state index >= 15 is 0 Å². The Morgan fingerprint density at radius 1 is 0.609 bits per heavy atom. The Morgan fingerprint density at radius 2 is 0.957 bits per heavy atom. The summed E-state index contributed by atoms with van der Waals surface area (Å²) in [6.45, 7) is 0. The highest BCUT2D eigenvalue weighted by Gasteiger charge is 2.57. The highest BCUT2D eigenvalue weighted by atomic mass is 16.2. The molecule has 3 rings (SSSR count). The summed E-state index contributed by atoms with van der Waals surface area (Å²) in [7, 11) is 0. The minimum atomic E-state index is -0.737. The first-order chi connectivity index (χ1) is 11.2. The summed E-state index contributed by atoms with van der Waals surface area (Å²) in [6.07, 6.45) is 15.7. The van der Waals surface area contributed by atoms with Crippen LogP contribution in [-0.4, -0.2) is 23.9 Å². The molecule has 3 aliphatic carbocycles. The van der Waals surface area contributed by atoms with E-state index in [9.17, 15) is 9.59 Å². The van der Waals surface area contributed by atoms with Crippen LogP contribution in [0.5, 0.6) is 0 Å². The molecule has 2 amide bonds. The zero-order valence-corrected chi connectivity index (χ0v) is 14.4. The maximum absolute atomic E-state index is 12.7. The average Bonchev–Trinajstić information content (AvgIpc) is 3.36. The Balaban J connectivity index is 1.52. The third kappa shape index (κ3) is 4.27. The van der Waals surface area contributed by atoms with Gasteiger partial charge in [0, 0.05) is 12.1 Å². The second-order valence-electron chi connectivity index (χ2n) is 7.91. The van der Waals surface area contributed by atoms with Crippen molar-refractivity contribution < 1.29 is 9.59 Å². The maximum atomic E-state index is 12.7. The summed E-state index contributed by atoms with van der Waals surface area (Å²) in [6, 6.07) is 0.571. The fraction of sp³-hybridized carbons (Fsp3) is 0.895. The summed E-state index contributed by atoms with van der Waals surface area (Å²) in [5.74, 6) is -0.00829. The van der Waals surface area contributed by atoms with Gasteiger partial charge in [0.1, 0.15) is 5.41 Å². The smallest absolute Gasteiger partial charge is 0.235 e. The lowest BCUT2D eigenvalue weighted by atomic mass is 10.0. The van der Waals surface area contributed by atoms with E-state index in [-0.39, 0.29) is 23.9 Å². The minimum absolute atomic E-state index is 0.00415. The van der Waals surface area contributed by atoms with Crippen LogP contribution in [0.1, 0.15) is 89.9 Å². The molecule has 0 atom stereocenters. The van der Waals surface area contributed by atoms with E-state index in [4.69, 9.17) is 0 Å². The van der Waals surface area contributed by atoms with Crippen molar-refractivity contribution in [1.29, 1.82) is 0 Å². The van der Waals surface area contributed by atoms with Crippen LogP contribution in [0.2, 0.25) is 0 Å². The largest absolute Gasteiger partial charge is 0.352 e. The highest BCUT2D eigenvalue weighted by molar-refractivity contribution is 6.08. The molecule has 2 N–H and O–H groups in total. The van der Waals surface area contributed by atoms with E-state index in [1.165, 1.54) is 51.4 Å². The molecule has 4 nitrogen and oxygen atoms in total. The Bertz CT molecular complexity index is 379. The van der Waals surface area contributed by atoms with Crippen molar-refractivity contribution in [3.63, 3.8) is 0 Å². The number of carbonyl (C=O) groups excluding carboxylic acids is 2. The van der Waals surface area contributed by atoms with Gasteiger partial charge >= 0.3 is 0 Å². The predicted molar refractivity (Wildman–Crippen MR) is 90.9 cm³/mol. The third-order valence-electron chi connectivity index (χ3n) is 6.00. The van der Waals surface area contributed by atoms with E-state index in [2.05, 4.69) is 10.6 Å². The van der Waals surface area contributed by atoms with Gasteiger partial charge in [-0.25, -0.2) is 0 Å². The molecule has 0 bridgehead atoms. The van der Waals surface area contributed by atoms with Crippen LogP contribution >= 0.6 is 0 Å². The van der Waals surface area contributed by atoms with Gasteiger partial charge < -0.3 is 10.6 Å². The van der Waals surface area contributed by atoms with Crippen molar-refractivity contribution in [1.82, 2.24) is 10.6 Å². The Hall–Kier alpha value is -1.06. The quantitative estimate of drug-likeness (QED) is 0.616. The van der Waals surface area contributed by atoms with Crippen LogP contribution in [0, 0.1) is 5.41 Å². The Kier molecular flexibility index (Phi) is 5.60. The van der Waals surface area contributed by atoms with Gasteiger partial charge in [0.25, 0.3) is 0 Å². The molecule has 3 fully saturated rings. The number of carbonyl (C=O) groups is 2. The van der Waals surface area contributed by atoms with Gasteiger partial charge in [-0.05, 0) is 38.5 Å². The summed E-state index contributed by atoms with van der Waals surface area (Å²) < 4.78 is 0. The number of hydrogen-bond acceptors (Lipinski definition) is 2. The number of amides is 2. The second kappa shape index (κ2) is 7.67. The SMILES string of the molecule is O=C(NC1CCCCCC1)C1(C(=O)NC2CCCCCC2)CC1. The van der Waals surface area contributed by atoms with Crippen molar-refractivity contribution >= 4 is 11.8 Å². The van der Waals surface area contributed by atoms with Gasteiger partial charge in [-0.15, -0.1) is 0 Å². The highest BCUT2D eigenvalue weighted by Crippen LogP contribution is 2.46. The molecule has 0 aliphatic heterocycles. The Morgan fingerprint density at radius 3 is 1.26 bits per heavy atom. The van der Waals surface area contributed by atoms with E-state index in [1.54, 1.807) is 0 Å².